The third-order valence-electron chi connectivity index (χ3n) is 1.47. The maximum absolute atomic E-state index is 12.1. The molecule has 0 saturated carbocycles. The van der Waals surface area contributed by atoms with E-state index in [9.17, 15) is 4.39 Å². The van der Waals surface area contributed by atoms with Crippen LogP contribution in [0.4, 0.5) is 4.39 Å². The summed E-state index contributed by atoms with van der Waals surface area (Å²) in [6.07, 6.45) is 0.625. The fourth-order valence-electron chi connectivity index (χ4n) is 0.927. The molecule has 0 aromatic carbocycles. The van der Waals surface area contributed by atoms with Gasteiger partial charge in [0.25, 0.3) is 0 Å². The number of nitrogens with zero attached hydrogens (tertiary/aromatic N) is 2. The third-order valence-corrected chi connectivity index (χ3v) is 2.56. The van der Waals surface area contributed by atoms with Crippen molar-refractivity contribution in [2.75, 3.05) is 20.8 Å². The lowest BCUT2D eigenvalue weighted by Crippen LogP contribution is -2.09. The van der Waals surface area contributed by atoms with Crippen LogP contribution in [-0.2, 0) is 6.54 Å². The first-order chi connectivity index (χ1) is 6.13. The highest BCUT2D eigenvalue weighted by molar-refractivity contribution is 7.11. The van der Waals surface area contributed by atoms with E-state index in [-0.39, 0.29) is 0 Å². The van der Waals surface area contributed by atoms with Crippen molar-refractivity contribution < 1.29 is 9.50 Å². The van der Waals surface area contributed by atoms with Gasteiger partial charge >= 0.3 is 0 Å². The first kappa shape index (κ1) is 10.6. The summed E-state index contributed by atoms with van der Waals surface area (Å²) in [5.74, 6) is 0. The Morgan fingerprint density at radius 3 is 2.92 bits per heavy atom. The molecule has 0 bridgehead atoms. The monoisotopic (exact) mass is 204 g/mol. The number of halogens is 1. The average molecular weight is 204 g/mol. The summed E-state index contributed by atoms with van der Waals surface area (Å²) < 4.78 is 12.1. The summed E-state index contributed by atoms with van der Waals surface area (Å²) in [5, 5.41) is 9.59. The van der Waals surface area contributed by atoms with E-state index in [0.29, 0.717) is 5.01 Å². The molecule has 1 atom stereocenters. The summed E-state index contributed by atoms with van der Waals surface area (Å²) in [6, 6.07) is 0. The van der Waals surface area contributed by atoms with Gasteiger partial charge in [-0.05, 0) is 14.1 Å². The standard InChI is InChI=1S/C8H13FN2OS/c1-11(2)5-6-4-10-8(13-6)7(12)3-9/h4,7,12H,3,5H2,1-2H3. The van der Waals surface area contributed by atoms with Crippen LogP contribution in [0.5, 0.6) is 0 Å². The van der Waals surface area contributed by atoms with Crippen molar-refractivity contribution in [1.82, 2.24) is 9.88 Å². The summed E-state index contributed by atoms with van der Waals surface area (Å²) in [5.41, 5.74) is 0. The van der Waals surface area contributed by atoms with Crippen LogP contribution >= 0.6 is 11.3 Å². The molecule has 0 amide bonds. The van der Waals surface area contributed by atoms with Crippen LogP contribution in [0.3, 0.4) is 0 Å². The molecular formula is C8H13FN2OS. The lowest BCUT2D eigenvalue weighted by Gasteiger charge is -2.05. The van der Waals surface area contributed by atoms with E-state index in [1.54, 1.807) is 6.20 Å². The Balaban J connectivity index is 2.63. The SMILES string of the molecule is CN(C)Cc1cnc(C(O)CF)s1. The molecule has 5 heteroatoms. The molecule has 0 aliphatic heterocycles. The number of hydrogen-bond donors (Lipinski definition) is 1. The minimum Gasteiger partial charge on any atom is -0.383 e. The van der Waals surface area contributed by atoms with Crippen LogP contribution in [-0.4, -0.2) is 35.8 Å². The number of thiazole rings is 1. The van der Waals surface area contributed by atoms with E-state index in [1.165, 1.54) is 11.3 Å². The second kappa shape index (κ2) is 4.64. The van der Waals surface area contributed by atoms with Crippen molar-refractivity contribution in [3.63, 3.8) is 0 Å². The quantitative estimate of drug-likeness (QED) is 0.800. The highest BCUT2D eigenvalue weighted by atomic mass is 32.1. The van der Waals surface area contributed by atoms with E-state index in [4.69, 9.17) is 5.11 Å². The molecule has 0 aliphatic rings. The van der Waals surface area contributed by atoms with Crippen molar-refractivity contribution >= 4 is 11.3 Å². The molecule has 0 fully saturated rings. The predicted octanol–water partition coefficient (Wildman–Crippen LogP) is 1.21. The number of aliphatic hydroxyl groups excluding tert-OH is 1. The topological polar surface area (TPSA) is 36.4 Å². The Hall–Kier alpha value is -0.520. The molecule has 1 aromatic rings. The van der Waals surface area contributed by atoms with Gasteiger partial charge in [0.15, 0.2) is 0 Å². The molecule has 1 heterocycles. The highest BCUT2D eigenvalue weighted by Gasteiger charge is 2.11. The van der Waals surface area contributed by atoms with Crippen LogP contribution in [0, 0.1) is 0 Å². The Labute approximate surface area is 80.8 Å². The van der Waals surface area contributed by atoms with Crippen molar-refractivity contribution in [2.24, 2.45) is 0 Å². The molecule has 74 valence electrons. The van der Waals surface area contributed by atoms with E-state index in [2.05, 4.69) is 4.98 Å². The van der Waals surface area contributed by atoms with Gasteiger partial charge in [0.2, 0.25) is 0 Å². The molecule has 3 nitrogen and oxygen atoms in total. The molecule has 0 aliphatic carbocycles. The maximum atomic E-state index is 12.1. The Bertz CT molecular complexity index is 264. The zero-order valence-electron chi connectivity index (χ0n) is 7.70. The lowest BCUT2D eigenvalue weighted by atomic mass is 10.4. The van der Waals surface area contributed by atoms with Crippen molar-refractivity contribution in [3.05, 3.63) is 16.1 Å². The molecule has 1 rings (SSSR count). The van der Waals surface area contributed by atoms with E-state index >= 15 is 0 Å². The first-order valence-corrected chi connectivity index (χ1v) is 4.78. The summed E-state index contributed by atoms with van der Waals surface area (Å²) >= 11 is 1.35. The van der Waals surface area contributed by atoms with Gasteiger partial charge in [-0.15, -0.1) is 11.3 Å². The molecule has 13 heavy (non-hydrogen) atoms. The highest BCUT2D eigenvalue weighted by Crippen LogP contribution is 2.20. The number of hydrogen-bond acceptors (Lipinski definition) is 4. The largest absolute Gasteiger partial charge is 0.383 e. The van der Waals surface area contributed by atoms with E-state index < -0.39 is 12.8 Å². The van der Waals surface area contributed by atoms with Gasteiger partial charge in [-0.25, -0.2) is 9.37 Å². The Morgan fingerprint density at radius 2 is 2.38 bits per heavy atom. The van der Waals surface area contributed by atoms with Crippen LogP contribution < -0.4 is 0 Å². The zero-order chi connectivity index (χ0) is 9.84. The van der Waals surface area contributed by atoms with Crippen LogP contribution in [0.1, 0.15) is 16.0 Å². The smallest absolute Gasteiger partial charge is 0.134 e. The van der Waals surface area contributed by atoms with Crippen molar-refractivity contribution in [3.8, 4) is 0 Å². The van der Waals surface area contributed by atoms with Gasteiger partial charge < -0.3 is 10.0 Å². The van der Waals surface area contributed by atoms with Crippen molar-refractivity contribution in [2.45, 2.75) is 12.6 Å². The molecular weight excluding hydrogens is 191 g/mol. The number of aliphatic hydroxyl groups is 1. The van der Waals surface area contributed by atoms with Gasteiger partial charge in [-0.3, -0.25) is 0 Å². The first-order valence-electron chi connectivity index (χ1n) is 3.97. The van der Waals surface area contributed by atoms with Gasteiger partial charge in [0.05, 0.1) is 0 Å². The molecule has 1 N–H and O–H groups in total. The minimum atomic E-state index is -1.05. The average Bonchev–Trinajstić information content (AvgIpc) is 2.50. The van der Waals surface area contributed by atoms with Gasteiger partial charge in [0.1, 0.15) is 17.8 Å². The second-order valence-electron chi connectivity index (χ2n) is 3.07. The molecule has 0 spiro atoms. The second-order valence-corrected chi connectivity index (χ2v) is 4.22. The molecule has 0 radical (unpaired) electrons. The summed E-state index contributed by atoms with van der Waals surface area (Å²) in [4.78, 5) is 6.98. The summed E-state index contributed by atoms with van der Waals surface area (Å²) in [6.45, 7) is 0.00555. The van der Waals surface area contributed by atoms with Crippen LogP contribution in [0.2, 0.25) is 0 Å². The fraction of sp³-hybridized carbons (Fsp3) is 0.625. The van der Waals surface area contributed by atoms with E-state index in [0.717, 1.165) is 11.4 Å². The zero-order valence-corrected chi connectivity index (χ0v) is 8.51. The fourth-order valence-corrected chi connectivity index (χ4v) is 1.93. The van der Waals surface area contributed by atoms with Crippen LogP contribution in [0.15, 0.2) is 6.20 Å². The maximum Gasteiger partial charge on any atom is 0.134 e. The molecule has 1 aromatic heterocycles. The van der Waals surface area contributed by atoms with Gasteiger partial charge in [0, 0.05) is 17.6 Å². The van der Waals surface area contributed by atoms with Crippen LogP contribution in [0.25, 0.3) is 0 Å². The van der Waals surface area contributed by atoms with E-state index in [1.807, 2.05) is 19.0 Å². The van der Waals surface area contributed by atoms with Crippen molar-refractivity contribution in [1.29, 1.82) is 0 Å². The third kappa shape index (κ3) is 3.02. The number of alkyl halides is 1. The minimum absolute atomic E-state index is 0.458. The Kier molecular flexibility index (Phi) is 3.77. The normalized spacial score (nSPS) is 13.6. The molecule has 0 saturated heterocycles. The molecule has 1 unspecified atom stereocenters. The predicted molar refractivity (Wildman–Crippen MR) is 50.4 cm³/mol. The Morgan fingerprint density at radius 1 is 1.69 bits per heavy atom. The number of aromatic nitrogens is 1. The lowest BCUT2D eigenvalue weighted by molar-refractivity contribution is 0.141. The van der Waals surface area contributed by atoms with Gasteiger partial charge in [-0.2, -0.15) is 0 Å². The number of rotatable bonds is 4. The van der Waals surface area contributed by atoms with Gasteiger partial charge in [-0.1, -0.05) is 0 Å². The summed E-state index contributed by atoms with van der Waals surface area (Å²) in [7, 11) is 3.90.